The van der Waals surface area contributed by atoms with Crippen molar-refractivity contribution in [2.45, 2.75) is 57.7 Å². The Kier molecular flexibility index (Phi) is 7.93. The van der Waals surface area contributed by atoms with Crippen molar-refractivity contribution in [2.75, 3.05) is 51.2 Å². The van der Waals surface area contributed by atoms with Crippen molar-refractivity contribution in [2.24, 2.45) is 0 Å². The summed E-state index contributed by atoms with van der Waals surface area (Å²) >= 11 is 0. The van der Waals surface area contributed by atoms with Crippen LogP contribution in [0.4, 0.5) is 5.69 Å². The van der Waals surface area contributed by atoms with Gasteiger partial charge in [-0.15, -0.1) is 0 Å². The van der Waals surface area contributed by atoms with Crippen LogP contribution < -0.4 is 21.1 Å². The number of benzene rings is 2. The standard InChI is InChI=1S/C30H42N6O/c1-4-9-27(35-20-16-32-17-21-35)28-33-26-22-24(12-13-25(26)29(37)36(28)5-2)34-18-14-30(31-3,15-19-34)23-10-7-6-8-11-23/h6-8,10-13,22,27,31-32H,4-5,9,14-21H2,1-3H3. The van der Waals surface area contributed by atoms with Gasteiger partial charge in [0.1, 0.15) is 5.82 Å². The summed E-state index contributed by atoms with van der Waals surface area (Å²) in [4.78, 5) is 23.8. The molecule has 37 heavy (non-hydrogen) atoms. The molecular weight excluding hydrogens is 460 g/mol. The molecule has 3 aromatic rings. The van der Waals surface area contributed by atoms with E-state index >= 15 is 0 Å². The van der Waals surface area contributed by atoms with E-state index in [0.717, 1.165) is 87.4 Å². The van der Waals surface area contributed by atoms with Gasteiger partial charge in [-0.1, -0.05) is 43.7 Å². The fourth-order valence-corrected chi connectivity index (χ4v) is 6.31. The minimum absolute atomic E-state index is 0.00551. The third-order valence-electron chi connectivity index (χ3n) is 8.52. The van der Waals surface area contributed by atoms with Gasteiger partial charge in [0.05, 0.1) is 16.9 Å². The number of fused-ring (bicyclic) bond motifs is 1. The van der Waals surface area contributed by atoms with Gasteiger partial charge < -0.3 is 15.5 Å². The molecule has 0 bridgehead atoms. The normalized spacial score (nSPS) is 19.3. The van der Waals surface area contributed by atoms with Crippen molar-refractivity contribution in [3.8, 4) is 0 Å². The second-order valence-corrected chi connectivity index (χ2v) is 10.5. The second-order valence-electron chi connectivity index (χ2n) is 10.5. The third kappa shape index (κ3) is 5.05. The smallest absolute Gasteiger partial charge is 0.261 e. The van der Waals surface area contributed by atoms with Gasteiger partial charge in [-0.3, -0.25) is 14.3 Å². The van der Waals surface area contributed by atoms with E-state index < -0.39 is 0 Å². The molecule has 1 atom stereocenters. The lowest BCUT2D eigenvalue weighted by atomic mass is 9.81. The Balaban J connectivity index is 1.46. The van der Waals surface area contributed by atoms with Crippen LogP contribution in [-0.2, 0) is 12.1 Å². The quantitative estimate of drug-likeness (QED) is 0.488. The molecule has 2 N–H and O–H groups in total. The van der Waals surface area contributed by atoms with Gasteiger partial charge in [-0.25, -0.2) is 4.98 Å². The van der Waals surface area contributed by atoms with Crippen LogP contribution in [0.15, 0.2) is 53.3 Å². The number of nitrogens with one attached hydrogen (secondary N) is 2. The molecule has 0 aliphatic carbocycles. The van der Waals surface area contributed by atoms with E-state index in [1.807, 2.05) is 10.6 Å². The van der Waals surface area contributed by atoms with Crippen molar-refractivity contribution in [1.29, 1.82) is 0 Å². The molecule has 2 aromatic carbocycles. The second kappa shape index (κ2) is 11.3. The zero-order valence-corrected chi connectivity index (χ0v) is 22.7. The largest absolute Gasteiger partial charge is 0.371 e. The summed E-state index contributed by atoms with van der Waals surface area (Å²) in [6.07, 6.45) is 4.14. The van der Waals surface area contributed by atoms with Gasteiger partial charge in [0, 0.05) is 57.0 Å². The lowest BCUT2D eigenvalue weighted by molar-refractivity contribution is 0.154. The van der Waals surface area contributed by atoms with Crippen LogP contribution in [0.1, 0.15) is 57.0 Å². The summed E-state index contributed by atoms with van der Waals surface area (Å²) in [6, 6.07) is 17.2. The average Bonchev–Trinajstić information content (AvgIpc) is 2.96. The van der Waals surface area contributed by atoms with Gasteiger partial charge in [0.2, 0.25) is 0 Å². The summed E-state index contributed by atoms with van der Waals surface area (Å²) in [5.41, 5.74) is 3.43. The molecule has 0 spiro atoms. The van der Waals surface area contributed by atoms with Crippen LogP contribution >= 0.6 is 0 Å². The SMILES string of the molecule is CCCC(c1nc2cc(N3CCC(NC)(c4ccccc4)CC3)ccc2c(=O)n1CC)N1CCNCC1. The minimum Gasteiger partial charge on any atom is -0.371 e. The topological polar surface area (TPSA) is 65.4 Å². The van der Waals surface area contributed by atoms with E-state index in [2.05, 4.69) is 83.8 Å². The third-order valence-corrected chi connectivity index (χ3v) is 8.52. The molecule has 7 nitrogen and oxygen atoms in total. The molecule has 5 rings (SSSR count). The van der Waals surface area contributed by atoms with Crippen LogP contribution in [0.25, 0.3) is 10.9 Å². The van der Waals surface area contributed by atoms with Crippen molar-refractivity contribution < 1.29 is 0 Å². The first-order valence-electron chi connectivity index (χ1n) is 14.1. The van der Waals surface area contributed by atoms with Crippen molar-refractivity contribution >= 4 is 16.6 Å². The van der Waals surface area contributed by atoms with Gasteiger partial charge in [-0.05, 0) is 57.0 Å². The van der Waals surface area contributed by atoms with Crippen LogP contribution in [0, 0.1) is 0 Å². The Bertz CT molecular complexity index is 1240. The number of anilines is 1. The van der Waals surface area contributed by atoms with Gasteiger partial charge in [0.25, 0.3) is 5.56 Å². The predicted octanol–water partition coefficient (Wildman–Crippen LogP) is 3.88. The summed E-state index contributed by atoms with van der Waals surface area (Å²) in [5, 5.41) is 7.80. The van der Waals surface area contributed by atoms with E-state index in [9.17, 15) is 4.79 Å². The molecule has 2 saturated heterocycles. The number of piperazine rings is 1. The maximum absolute atomic E-state index is 13.6. The maximum atomic E-state index is 13.6. The van der Waals surface area contributed by atoms with Gasteiger partial charge in [-0.2, -0.15) is 0 Å². The molecule has 1 unspecified atom stereocenters. The van der Waals surface area contributed by atoms with Gasteiger partial charge >= 0.3 is 0 Å². The van der Waals surface area contributed by atoms with Crippen molar-refractivity contribution in [3.63, 3.8) is 0 Å². The number of aromatic nitrogens is 2. The minimum atomic E-state index is 0.00551. The Hall–Kier alpha value is -2.74. The van der Waals surface area contributed by atoms with Gasteiger partial charge in [0.15, 0.2) is 0 Å². The first-order chi connectivity index (χ1) is 18.1. The number of rotatable bonds is 8. The Labute approximate surface area is 220 Å². The highest BCUT2D eigenvalue weighted by Crippen LogP contribution is 2.35. The highest BCUT2D eigenvalue weighted by Gasteiger charge is 2.35. The zero-order chi connectivity index (χ0) is 25.8. The van der Waals surface area contributed by atoms with E-state index in [4.69, 9.17) is 4.98 Å². The van der Waals surface area contributed by atoms with Crippen molar-refractivity contribution in [3.05, 3.63) is 70.3 Å². The highest BCUT2D eigenvalue weighted by molar-refractivity contribution is 5.81. The fourth-order valence-electron chi connectivity index (χ4n) is 6.31. The summed E-state index contributed by atoms with van der Waals surface area (Å²) in [6.45, 7) is 10.8. The van der Waals surface area contributed by atoms with Crippen LogP contribution in [0.5, 0.6) is 0 Å². The molecule has 0 saturated carbocycles. The summed E-state index contributed by atoms with van der Waals surface area (Å²) in [5.74, 6) is 0.929. The van der Waals surface area contributed by atoms with Crippen molar-refractivity contribution in [1.82, 2.24) is 25.1 Å². The van der Waals surface area contributed by atoms with Crippen LogP contribution in [0.3, 0.4) is 0 Å². The van der Waals surface area contributed by atoms with E-state index in [0.29, 0.717) is 6.54 Å². The first kappa shape index (κ1) is 25.9. The number of hydrogen-bond acceptors (Lipinski definition) is 6. The van der Waals surface area contributed by atoms with E-state index in [1.54, 1.807) is 0 Å². The molecule has 0 amide bonds. The molecular formula is C30H42N6O. The van der Waals surface area contributed by atoms with E-state index in [-0.39, 0.29) is 17.1 Å². The molecule has 1 aromatic heterocycles. The Morgan fingerprint density at radius 1 is 1.03 bits per heavy atom. The number of piperidine rings is 1. The summed E-state index contributed by atoms with van der Waals surface area (Å²) in [7, 11) is 2.08. The lowest BCUT2D eigenvalue weighted by Gasteiger charge is -2.43. The maximum Gasteiger partial charge on any atom is 0.261 e. The molecule has 2 aliphatic heterocycles. The first-order valence-corrected chi connectivity index (χ1v) is 14.1. The average molecular weight is 503 g/mol. The highest BCUT2D eigenvalue weighted by atomic mass is 16.1. The molecule has 3 heterocycles. The number of nitrogens with zero attached hydrogens (tertiary/aromatic N) is 4. The molecule has 7 heteroatoms. The predicted molar refractivity (Wildman–Crippen MR) is 152 cm³/mol. The monoisotopic (exact) mass is 502 g/mol. The zero-order valence-electron chi connectivity index (χ0n) is 22.7. The van der Waals surface area contributed by atoms with E-state index in [1.165, 1.54) is 5.56 Å². The molecule has 0 radical (unpaired) electrons. The Morgan fingerprint density at radius 2 is 1.76 bits per heavy atom. The Morgan fingerprint density at radius 3 is 2.41 bits per heavy atom. The van der Waals surface area contributed by atoms with Crippen LogP contribution in [-0.4, -0.2) is 60.8 Å². The summed E-state index contributed by atoms with van der Waals surface area (Å²) < 4.78 is 1.91. The molecule has 2 aliphatic rings. The lowest BCUT2D eigenvalue weighted by Crippen LogP contribution is -2.50. The fraction of sp³-hybridized carbons (Fsp3) is 0.533. The van der Waals surface area contributed by atoms with Crippen LogP contribution in [0.2, 0.25) is 0 Å². The molecule has 198 valence electrons. The molecule has 2 fully saturated rings. The number of hydrogen-bond donors (Lipinski definition) is 2.